The third-order valence-corrected chi connectivity index (χ3v) is 6.21. The van der Waals surface area contributed by atoms with Crippen molar-refractivity contribution in [2.24, 2.45) is 0 Å². The van der Waals surface area contributed by atoms with Crippen molar-refractivity contribution in [2.75, 3.05) is 26.6 Å². The van der Waals surface area contributed by atoms with Gasteiger partial charge in [0, 0.05) is 39.9 Å². The van der Waals surface area contributed by atoms with Gasteiger partial charge in [-0.25, -0.2) is 0 Å². The van der Waals surface area contributed by atoms with E-state index in [1.807, 2.05) is 61.5 Å². The summed E-state index contributed by atoms with van der Waals surface area (Å²) in [5.41, 5.74) is 5.88. The Morgan fingerprint density at radius 2 is 1.61 bits per heavy atom. The SMILES string of the molecule is COc1ccc(OC)c(-c2coc3cc(OC)c(/C(C)=C/C(=O)Nc4ccc(C(C)C)cc4)cc23)c1. The van der Waals surface area contributed by atoms with Crippen LogP contribution in [0.1, 0.15) is 37.8 Å². The van der Waals surface area contributed by atoms with Crippen LogP contribution in [0.5, 0.6) is 17.2 Å². The maximum absolute atomic E-state index is 12.8. The fourth-order valence-electron chi connectivity index (χ4n) is 4.17. The van der Waals surface area contributed by atoms with E-state index in [1.54, 1.807) is 33.7 Å². The molecule has 0 spiro atoms. The van der Waals surface area contributed by atoms with Gasteiger partial charge in [-0.15, -0.1) is 0 Å². The van der Waals surface area contributed by atoms with E-state index in [-0.39, 0.29) is 5.91 Å². The second-order valence-corrected chi connectivity index (χ2v) is 8.86. The Bertz CT molecular complexity index is 1410. The molecule has 4 aromatic rings. The molecule has 4 rings (SSSR count). The first-order valence-corrected chi connectivity index (χ1v) is 11.8. The lowest BCUT2D eigenvalue weighted by Crippen LogP contribution is -2.08. The smallest absolute Gasteiger partial charge is 0.248 e. The lowest BCUT2D eigenvalue weighted by molar-refractivity contribution is -0.111. The molecule has 0 fully saturated rings. The molecule has 0 radical (unpaired) electrons. The van der Waals surface area contributed by atoms with Crippen LogP contribution in [0.3, 0.4) is 0 Å². The summed E-state index contributed by atoms with van der Waals surface area (Å²) in [5.74, 6) is 2.25. The summed E-state index contributed by atoms with van der Waals surface area (Å²) in [6.45, 7) is 6.16. The van der Waals surface area contributed by atoms with Crippen LogP contribution < -0.4 is 19.5 Å². The molecule has 6 nitrogen and oxygen atoms in total. The molecular formula is C30H31NO5. The summed E-state index contributed by atoms with van der Waals surface area (Å²) in [4.78, 5) is 12.8. The van der Waals surface area contributed by atoms with Crippen LogP contribution in [0.15, 0.2) is 71.4 Å². The highest BCUT2D eigenvalue weighted by Gasteiger charge is 2.18. The van der Waals surface area contributed by atoms with Crippen LogP contribution in [-0.2, 0) is 4.79 Å². The number of amides is 1. The number of ether oxygens (including phenoxy) is 3. The fourth-order valence-corrected chi connectivity index (χ4v) is 4.17. The van der Waals surface area contributed by atoms with Crippen LogP contribution in [-0.4, -0.2) is 27.2 Å². The minimum atomic E-state index is -0.214. The first kappa shape index (κ1) is 24.9. The molecule has 186 valence electrons. The standard InChI is InChI=1S/C30H31NO5/c1-18(2)20-7-9-21(10-8-20)31-30(32)13-19(3)23-15-25-26(17-36-29(25)16-28(23)35-6)24-14-22(33-4)11-12-27(24)34-5/h7-18H,1-6H3,(H,31,32)/b19-13+. The van der Waals surface area contributed by atoms with Crippen LogP contribution in [0.25, 0.3) is 27.7 Å². The number of rotatable bonds is 8. The Kier molecular flexibility index (Phi) is 7.34. The van der Waals surface area contributed by atoms with Crippen LogP contribution >= 0.6 is 0 Å². The van der Waals surface area contributed by atoms with Gasteiger partial charge in [-0.3, -0.25) is 4.79 Å². The third-order valence-electron chi connectivity index (χ3n) is 6.21. The van der Waals surface area contributed by atoms with E-state index < -0.39 is 0 Å². The number of hydrogen-bond donors (Lipinski definition) is 1. The fraction of sp³-hybridized carbons (Fsp3) is 0.233. The molecule has 0 atom stereocenters. The van der Waals surface area contributed by atoms with E-state index in [4.69, 9.17) is 18.6 Å². The van der Waals surface area contributed by atoms with Crippen LogP contribution in [0.4, 0.5) is 5.69 Å². The van der Waals surface area contributed by atoms with E-state index in [1.165, 1.54) is 5.56 Å². The molecule has 0 bridgehead atoms. The number of furan rings is 1. The van der Waals surface area contributed by atoms with Gasteiger partial charge >= 0.3 is 0 Å². The number of hydrogen-bond acceptors (Lipinski definition) is 5. The zero-order chi connectivity index (χ0) is 25.8. The van der Waals surface area contributed by atoms with E-state index in [0.717, 1.165) is 33.3 Å². The van der Waals surface area contributed by atoms with Crippen molar-refractivity contribution in [1.82, 2.24) is 0 Å². The van der Waals surface area contributed by atoms with Gasteiger partial charge in [-0.05, 0) is 60.4 Å². The van der Waals surface area contributed by atoms with Crippen molar-refractivity contribution < 1.29 is 23.4 Å². The lowest BCUT2D eigenvalue weighted by Gasteiger charge is -2.12. The highest BCUT2D eigenvalue weighted by Crippen LogP contribution is 2.41. The number of carbonyl (C=O) groups is 1. The average Bonchev–Trinajstić information content (AvgIpc) is 3.30. The monoisotopic (exact) mass is 485 g/mol. The topological polar surface area (TPSA) is 69.9 Å². The first-order valence-electron chi connectivity index (χ1n) is 11.8. The molecule has 6 heteroatoms. The molecule has 0 aliphatic heterocycles. The number of benzene rings is 3. The number of nitrogens with one attached hydrogen (secondary N) is 1. The minimum absolute atomic E-state index is 0.214. The van der Waals surface area contributed by atoms with Crippen molar-refractivity contribution in [2.45, 2.75) is 26.7 Å². The van der Waals surface area contributed by atoms with Gasteiger partial charge in [-0.1, -0.05) is 26.0 Å². The number of methoxy groups -OCH3 is 3. The molecule has 1 N–H and O–H groups in total. The van der Waals surface area contributed by atoms with Gasteiger partial charge < -0.3 is 23.9 Å². The van der Waals surface area contributed by atoms with Gasteiger partial charge in [0.2, 0.25) is 5.91 Å². The lowest BCUT2D eigenvalue weighted by atomic mass is 9.98. The Morgan fingerprint density at radius 1 is 0.889 bits per heavy atom. The predicted octanol–water partition coefficient (Wildman–Crippen LogP) is 7.29. The highest BCUT2D eigenvalue weighted by molar-refractivity contribution is 6.05. The molecule has 36 heavy (non-hydrogen) atoms. The van der Waals surface area contributed by atoms with Crippen LogP contribution in [0, 0.1) is 0 Å². The summed E-state index contributed by atoms with van der Waals surface area (Å²) in [5, 5.41) is 3.81. The average molecular weight is 486 g/mol. The third kappa shape index (κ3) is 5.08. The molecule has 0 aliphatic carbocycles. The summed E-state index contributed by atoms with van der Waals surface area (Å²) in [6, 6.07) is 17.3. The largest absolute Gasteiger partial charge is 0.497 e. The molecule has 3 aromatic carbocycles. The predicted molar refractivity (Wildman–Crippen MR) is 144 cm³/mol. The minimum Gasteiger partial charge on any atom is -0.497 e. The summed E-state index contributed by atoms with van der Waals surface area (Å²) < 4.78 is 22.5. The van der Waals surface area contributed by atoms with E-state index >= 15 is 0 Å². The van der Waals surface area contributed by atoms with Gasteiger partial charge in [-0.2, -0.15) is 0 Å². The van der Waals surface area contributed by atoms with Crippen LogP contribution in [0.2, 0.25) is 0 Å². The second kappa shape index (κ2) is 10.6. The van der Waals surface area contributed by atoms with Gasteiger partial charge in [0.25, 0.3) is 0 Å². The first-order chi connectivity index (χ1) is 17.3. The summed E-state index contributed by atoms with van der Waals surface area (Å²) >= 11 is 0. The van der Waals surface area contributed by atoms with Crippen molar-refractivity contribution in [3.8, 4) is 28.4 Å². The Morgan fingerprint density at radius 3 is 2.25 bits per heavy atom. The molecule has 0 saturated heterocycles. The summed E-state index contributed by atoms with van der Waals surface area (Å²) in [6.07, 6.45) is 3.27. The van der Waals surface area contributed by atoms with Crippen molar-refractivity contribution in [3.63, 3.8) is 0 Å². The molecule has 0 aliphatic rings. The molecular weight excluding hydrogens is 454 g/mol. The molecule has 0 unspecified atom stereocenters. The zero-order valence-corrected chi connectivity index (χ0v) is 21.5. The molecule has 1 heterocycles. The Hall–Kier alpha value is -4.19. The molecule has 1 aromatic heterocycles. The molecule has 0 saturated carbocycles. The Labute approximate surface area is 211 Å². The summed E-state index contributed by atoms with van der Waals surface area (Å²) in [7, 11) is 4.85. The maximum atomic E-state index is 12.8. The second-order valence-electron chi connectivity index (χ2n) is 8.86. The highest BCUT2D eigenvalue weighted by atomic mass is 16.5. The normalized spacial score (nSPS) is 11.6. The Balaban J connectivity index is 1.70. The van der Waals surface area contributed by atoms with Crippen molar-refractivity contribution in [1.29, 1.82) is 0 Å². The maximum Gasteiger partial charge on any atom is 0.248 e. The van der Waals surface area contributed by atoms with E-state index in [0.29, 0.717) is 28.7 Å². The van der Waals surface area contributed by atoms with Gasteiger partial charge in [0.1, 0.15) is 22.8 Å². The van der Waals surface area contributed by atoms with Crippen molar-refractivity contribution >= 4 is 28.1 Å². The van der Waals surface area contributed by atoms with Crippen molar-refractivity contribution in [3.05, 3.63) is 78.1 Å². The van der Waals surface area contributed by atoms with E-state index in [9.17, 15) is 4.79 Å². The number of fused-ring (bicyclic) bond motifs is 1. The molecule has 1 amide bonds. The number of anilines is 1. The quantitative estimate of drug-likeness (QED) is 0.265. The number of carbonyl (C=O) groups excluding carboxylic acids is 1. The van der Waals surface area contributed by atoms with E-state index in [2.05, 4.69) is 19.2 Å². The number of allylic oxidation sites excluding steroid dienone is 1. The zero-order valence-electron chi connectivity index (χ0n) is 21.5. The van der Waals surface area contributed by atoms with Gasteiger partial charge in [0.15, 0.2) is 0 Å². The van der Waals surface area contributed by atoms with Gasteiger partial charge in [0.05, 0.1) is 27.6 Å².